The van der Waals surface area contributed by atoms with Crippen LogP contribution < -0.4 is 5.32 Å². The van der Waals surface area contributed by atoms with Gasteiger partial charge in [-0.15, -0.1) is 0 Å². The van der Waals surface area contributed by atoms with Crippen LogP contribution >= 0.6 is 0 Å². The maximum Gasteiger partial charge on any atom is 0.338 e. The standard InChI is InChI=1S/C13H18N2O5/c1-9(8-16)3-2-6-14-12-5-4-10(15(19)20)7-11(12)13(17)18/h4-5,7,9,14,16H,2-3,6,8H2,1H3,(H,17,18). The Morgan fingerprint density at radius 3 is 2.75 bits per heavy atom. The van der Waals surface area contributed by atoms with Crippen molar-refractivity contribution in [1.29, 1.82) is 0 Å². The number of anilines is 1. The van der Waals surface area contributed by atoms with Crippen LogP contribution in [-0.2, 0) is 0 Å². The van der Waals surface area contributed by atoms with Gasteiger partial charge >= 0.3 is 5.97 Å². The van der Waals surface area contributed by atoms with E-state index in [9.17, 15) is 14.9 Å². The highest BCUT2D eigenvalue weighted by molar-refractivity contribution is 5.95. The first-order chi connectivity index (χ1) is 9.45. The summed E-state index contributed by atoms with van der Waals surface area (Å²) in [4.78, 5) is 21.1. The lowest BCUT2D eigenvalue weighted by Crippen LogP contribution is -2.10. The molecule has 0 aliphatic heterocycles. The number of nitrogens with zero attached hydrogens (tertiary/aromatic N) is 1. The summed E-state index contributed by atoms with van der Waals surface area (Å²) < 4.78 is 0. The van der Waals surface area contributed by atoms with Gasteiger partial charge in [0.2, 0.25) is 0 Å². The summed E-state index contributed by atoms with van der Waals surface area (Å²) in [6.07, 6.45) is 1.59. The van der Waals surface area contributed by atoms with Crippen LogP contribution in [0.4, 0.5) is 11.4 Å². The summed E-state index contributed by atoms with van der Waals surface area (Å²) in [7, 11) is 0. The zero-order valence-corrected chi connectivity index (χ0v) is 11.2. The van der Waals surface area contributed by atoms with Crippen molar-refractivity contribution in [2.75, 3.05) is 18.5 Å². The Bertz CT molecular complexity index is 490. The lowest BCUT2D eigenvalue weighted by atomic mass is 10.1. The van der Waals surface area contributed by atoms with E-state index in [-0.39, 0.29) is 23.8 Å². The average molecular weight is 282 g/mol. The van der Waals surface area contributed by atoms with Crippen molar-refractivity contribution in [3.05, 3.63) is 33.9 Å². The minimum Gasteiger partial charge on any atom is -0.478 e. The molecule has 0 aliphatic carbocycles. The number of hydrogen-bond acceptors (Lipinski definition) is 5. The zero-order valence-electron chi connectivity index (χ0n) is 11.2. The summed E-state index contributed by atoms with van der Waals surface area (Å²) in [6.45, 7) is 2.59. The summed E-state index contributed by atoms with van der Waals surface area (Å²) in [5.74, 6) is -1.01. The third kappa shape index (κ3) is 4.51. The average Bonchev–Trinajstić information content (AvgIpc) is 2.42. The summed E-state index contributed by atoms with van der Waals surface area (Å²) >= 11 is 0. The molecule has 0 radical (unpaired) electrons. The summed E-state index contributed by atoms with van der Waals surface area (Å²) in [5, 5.41) is 31.5. The Balaban J connectivity index is 2.70. The normalized spacial score (nSPS) is 11.9. The van der Waals surface area contributed by atoms with Crippen LogP contribution in [0, 0.1) is 16.0 Å². The number of non-ortho nitro benzene ring substituents is 1. The second-order valence-corrected chi connectivity index (χ2v) is 4.65. The zero-order chi connectivity index (χ0) is 15.1. The van der Waals surface area contributed by atoms with Crippen LogP contribution in [0.1, 0.15) is 30.1 Å². The van der Waals surface area contributed by atoms with E-state index in [0.717, 1.165) is 18.9 Å². The van der Waals surface area contributed by atoms with Crippen molar-refractivity contribution in [3.63, 3.8) is 0 Å². The molecule has 0 saturated heterocycles. The van der Waals surface area contributed by atoms with Gasteiger partial charge in [0.25, 0.3) is 5.69 Å². The number of nitrogens with one attached hydrogen (secondary N) is 1. The van der Waals surface area contributed by atoms with Crippen LogP contribution in [0.15, 0.2) is 18.2 Å². The van der Waals surface area contributed by atoms with Crippen molar-refractivity contribution in [3.8, 4) is 0 Å². The first-order valence-corrected chi connectivity index (χ1v) is 6.32. The molecule has 7 nitrogen and oxygen atoms in total. The fraction of sp³-hybridized carbons (Fsp3) is 0.462. The lowest BCUT2D eigenvalue weighted by molar-refractivity contribution is -0.384. The maximum atomic E-state index is 11.1. The highest BCUT2D eigenvalue weighted by atomic mass is 16.6. The first-order valence-electron chi connectivity index (χ1n) is 6.32. The van der Waals surface area contributed by atoms with Crippen LogP contribution in [0.5, 0.6) is 0 Å². The highest BCUT2D eigenvalue weighted by Gasteiger charge is 2.15. The molecule has 0 aromatic heterocycles. The Morgan fingerprint density at radius 2 is 2.20 bits per heavy atom. The van der Waals surface area contributed by atoms with E-state index >= 15 is 0 Å². The van der Waals surface area contributed by atoms with E-state index in [2.05, 4.69) is 5.32 Å². The van der Waals surface area contributed by atoms with Gasteiger partial charge in [0.1, 0.15) is 0 Å². The number of carboxylic acid groups (broad SMARTS) is 1. The molecule has 1 aromatic carbocycles. The van der Waals surface area contributed by atoms with Crippen LogP contribution in [0.25, 0.3) is 0 Å². The van der Waals surface area contributed by atoms with Gasteiger partial charge in [0.05, 0.1) is 10.5 Å². The van der Waals surface area contributed by atoms with Crippen molar-refractivity contribution < 1.29 is 19.9 Å². The third-order valence-corrected chi connectivity index (χ3v) is 2.95. The van der Waals surface area contributed by atoms with Gasteiger partial charge in [-0.25, -0.2) is 4.79 Å². The van der Waals surface area contributed by atoms with Gasteiger partial charge in [0, 0.05) is 31.0 Å². The van der Waals surface area contributed by atoms with Gasteiger partial charge in [-0.3, -0.25) is 10.1 Å². The Hall–Kier alpha value is -2.15. The number of rotatable bonds is 8. The quantitative estimate of drug-likeness (QED) is 0.382. The van der Waals surface area contributed by atoms with E-state index in [1.807, 2.05) is 6.92 Å². The van der Waals surface area contributed by atoms with E-state index in [1.54, 1.807) is 0 Å². The van der Waals surface area contributed by atoms with Crippen molar-refractivity contribution in [2.24, 2.45) is 5.92 Å². The van der Waals surface area contributed by atoms with E-state index in [4.69, 9.17) is 10.2 Å². The molecule has 1 atom stereocenters. The molecule has 3 N–H and O–H groups in total. The second-order valence-electron chi connectivity index (χ2n) is 4.65. The van der Waals surface area contributed by atoms with Gasteiger partial charge in [-0.2, -0.15) is 0 Å². The van der Waals surface area contributed by atoms with Crippen molar-refractivity contribution in [1.82, 2.24) is 0 Å². The van der Waals surface area contributed by atoms with Crippen LogP contribution in [0.3, 0.4) is 0 Å². The molecule has 0 spiro atoms. The summed E-state index contributed by atoms with van der Waals surface area (Å²) in [5.41, 5.74) is -0.00369. The number of aromatic carboxylic acids is 1. The molecule has 7 heteroatoms. The van der Waals surface area contributed by atoms with E-state index in [1.165, 1.54) is 12.1 Å². The topological polar surface area (TPSA) is 113 Å². The van der Waals surface area contributed by atoms with E-state index in [0.29, 0.717) is 12.2 Å². The molecule has 20 heavy (non-hydrogen) atoms. The molecule has 1 unspecified atom stereocenters. The van der Waals surface area contributed by atoms with Gasteiger partial charge in [-0.1, -0.05) is 6.92 Å². The third-order valence-electron chi connectivity index (χ3n) is 2.95. The fourth-order valence-corrected chi connectivity index (χ4v) is 1.74. The number of nitro benzene ring substituents is 1. The number of hydrogen-bond donors (Lipinski definition) is 3. The van der Waals surface area contributed by atoms with Gasteiger partial charge < -0.3 is 15.5 Å². The van der Waals surface area contributed by atoms with Gasteiger partial charge in [-0.05, 0) is 24.8 Å². The largest absolute Gasteiger partial charge is 0.478 e. The van der Waals surface area contributed by atoms with Crippen LogP contribution in [-0.4, -0.2) is 34.3 Å². The Labute approximate surface area is 116 Å². The fourth-order valence-electron chi connectivity index (χ4n) is 1.74. The Kier molecular flexibility index (Phi) is 5.92. The summed E-state index contributed by atoms with van der Waals surface area (Å²) in [6, 6.07) is 3.71. The highest BCUT2D eigenvalue weighted by Crippen LogP contribution is 2.22. The molecule has 0 amide bonds. The molecule has 0 fully saturated rings. The monoisotopic (exact) mass is 282 g/mol. The molecule has 0 heterocycles. The molecular formula is C13H18N2O5. The first kappa shape index (κ1) is 15.9. The molecule has 0 saturated carbocycles. The predicted molar refractivity (Wildman–Crippen MR) is 74.0 cm³/mol. The van der Waals surface area contributed by atoms with Crippen molar-refractivity contribution in [2.45, 2.75) is 19.8 Å². The molecule has 1 rings (SSSR count). The van der Waals surface area contributed by atoms with Crippen LogP contribution in [0.2, 0.25) is 0 Å². The Morgan fingerprint density at radius 1 is 1.50 bits per heavy atom. The number of carbonyl (C=O) groups is 1. The number of aliphatic hydroxyl groups is 1. The predicted octanol–water partition coefficient (Wildman–Crippen LogP) is 2.11. The van der Waals surface area contributed by atoms with Gasteiger partial charge in [0.15, 0.2) is 0 Å². The number of nitro groups is 1. The SMILES string of the molecule is CC(CO)CCCNc1ccc([N+](=O)[O-])cc1C(=O)O. The molecule has 0 bridgehead atoms. The number of aliphatic hydroxyl groups excluding tert-OH is 1. The minimum atomic E-state index is -1.21. The number of carboxylic acids is 1. The van der Waals surface area contributed by atoms with Crippen molar-refractivity contribution >= 4 is 17.3 Å². The number of benzene rings is 1. The lowest BCUT2D eigenvalue weighted by Gasteiger charge is -2.11. The maximum absolute atomic E-state index is 11.1. The molecule has 110 valence electrons. The van der Waals surface area contributed by atoms with E-state index < -0.39 is 10.9 Å². The molecule has 0 aliphatic rings. The molecule has 1 aromatic rings. The molecular weight excluding hydrogens is 264 g/mol. The second kappa shape index (κ2) is 7.44. The minimum absolute atomic E-state index is 0.116. The smallest absolute Gasteiger partial charge is 0.338 e.